The maximum absolute atomic E-state index is 11.8. The topological polar surface area (TPSA) is 55.1 Å². The van der Waals surface area contributed by atoms with Crippen molar-refractivity contribution in [2.24, 2.45) is 11.7 Å². The van der Waals surface area contributed by atoms with Crippen LogP contribution in [-0.2, 0) is 4.79 Å². The van der Waals surface area contributed by atoms with Gasteiger partial charge in [-0.2, -0.15) is 0 Å². The van der Waals surface area contributed by atoms with Crippen LogP contribution in [0.25, 0.3) is 0 Å². The summed E-state index contributed by atoms with van der Waals surface area (Å²) in [6, 6.07) is 7.48. The highest BCUT2D eigenvalue weighted by atomic mass is 16.1. The summed E-state index contributed by atoms with van der Waals surface area (Å²) in [7, 11) is 0. The molecule has 3 heteroatoms. The molecule has 0 aliphatic rings. The summed E-state index contributed by atoms with van der Waals surface area (Å²) in [6.07, 6.45) is 0.822. The van der Waals surface area contributed by atoms with Crippen molar-refractivity contribution in [3.05, 3.63) is 29.8 Å². The number of para-hydroxylation sites is 1. The Morgan fingerprint density at radius 3 is 2.82 bits per heavy atom. The number of carbonyl (C=O) groups excluding carboxylic acids is 1. The zero-order valence-electron chi connectivity index (χ0n) is 10.3. The molecule has 0 fully saturated rings. The van der Waals surface area contributed by atoms with Crippen molar-refractivity contribution >= 4 is 11.6 Å². The molecular weight excluding hydrogens is 212 g/mol. The molecule has 1 rings (SSSR count). The molecule has 0 saturated heterocycles. The minimum atomic E-state index is 0.00511. The van der Waals surface area contributed by atoms with Crippen LogP contribution in [-0.4, -0.2) is 12.5 Å². The van der Waals surface area contributed by atoms with E-state index in [-0.39, 0.29) is 11.8 Å². The molecule has 0 saturated carbocycles. The van der Waals surface area contributed by atoms with E-state index in [9.17, 15) is 4.79 Å². The van der Waals surface area contributed by atoms with Gasteiger partial charge in [0.15, 0.2) is 0 Å². The summed E-state index contributed by atoms with van der Waals surface area (Å²) in [5.74, 6) is 5.76. The Labute approximate surface area is 102 Å². The average molecular weight is 230 g/mol. The van der Waals surface area contributed by atoms with E-state index in [0.29, 0.717) is 6.54 Å². The number of hydrogen-bond donors (Lipinski definition) is 2. The predicted molar refractivity (Wildman–Crippen MR) is 70.5 cm³/mol. The first kappa shape index (κ1) is 13.3. The monoisotopic (exact) mass is 230 g/mol. The fourth-order valence-corrected chi connectivity index (χ4v) is 1.29. The lowest BCUT2D eigenvalue weighted by atomic mass is 10.1. The van der Waals surface area contributed by atoms with Crippen molar-refractivity contribution in [2.75, 3.05) is 11.9 Å². The lowest BCUT2D eigenvalue weighted by Crippen LogP contribution is -2.20. The predicted octanol–water partition coefficient (Wildman–Crippen LogP) is 1.98. The first-order valence-electron chi connectivity index (χ1n) is 5.77. The van der Waals surface area contributed by atoms with Crippen LogP contribution in [0.5, 0.6) is 0 Å². The number of carbonyl (C=O) groups is 1. The van der Waals surface area contributed by atoms with Gasteiger partial charge in [0, 0.05) is 11.5 Å². The highest BCUT2D eigenvalue weighted by molar-refractivity contribution is 5.93. The van der Waals surface area contributed by atoms with E-state index in [0.717, 1.165) is 17.7 Å². The molecule has 0 aliphatic carbocycles. The highest BCUT2D eigenvalue weighted by Crippen LogP contribution is 2.15. The van der Waals surface area contributed by atoms with Gasteiger partial charge in [-0.3, -0.25) is 4.79 Å². The van der Waals surface area contributed by atoms with Crippen molar-refractivity contribution in [2.45, 2.75) is 20.3 Å². The molecule has 0 heterocycles. The summed E-state index contributed by atoms with van der Waals surface area (Å²) >= 11 is 0. The van der Waals surface area contributed by atoms with Crippen LogP contribution >= 0.6 is 0 Å². The molecule has 1 amide bonds. The maximum Gasteiger partial charge on any atom is 0.227 e. The normalized spacial score (nSPS) is 11.2. The van der Waals surface area contributed by atoms with Crippen LogP contribution in [0.3, 0.4) is 0 Å². The second-order valence-corrected chi connectivity index (χ2v) is 3.85. The smallest absolute Gasteiger partial charge is 0.227 e. The van der Waals surface area contributed by atoms with E-state index in [1.165, 1.54) is 0 Å². The van der Waals surface area contributed by atoms with Gasteiger partial charge in [0.2, 0.25) is 5.91 Å². The summed E-state index contributed by atoms with van der Waals surface area (Å²) in [6.45, 7) is 4.21. The number of benzene rings is 1. The van der Waals surface area contributed by atoms with E-state index >= 15 is 0 Å². The van der Waals surface area contributed by atoms with E-state index < -0.39 is 0 Å². The molecule has 1 atom stereocenters. The van der Waals surface area contributed by atoms with Gasteiger partial charge in [0.1, 0.15) is 0 Å². The maximum atomic E-state index is 11.8. The molecule has 1 aromatic rings. The Balaban J connectivity index is 2.87. The van der Waals surface area contributed by atoms with Crippen molar-refractivity contribution in [3.8, 4) is 11.8 Å². The molecule has 0 aromatic heterocycles. The van der Waals surface area contributed by atoms with Gasteiger partial charge in [-0.15, -0.1) is 0 Å². The van der Waals surface area contributed by atoms with Gasteiger partial charge in [-0.05, 0) is 18.6 Å². The van der Waals surface area contributed by atoms with E-state index in [1.807, 2.05) is 38.1 Å². The second-order valence-electron chi connectivity index (χ2n) is 3.85. The third-order valence-corrected chi connectivity index (χ3v) is 2.57. The van der Waals surface area contributed by atoms with Gasteiger partial charge in [0.25, 0.3) is 0 Å². The van der Waals surface area contributed by atoms with Crippen LogP contribution < -0.4 is 11.1 Å². The number of hydrogen-bond acceptors (Lipinski definition) is 2. The quantitative estimate of drug-likeness (QED) is 0.780. The lowest BCUT2D eigenvalue weighted by Gasteiger charge is -2.11. The lowest BCUT2D eigenvalue weighted by molar-refractivity contribution is -0.119. The van der Waals surface area contributed by atoms with Crippen LogP contribution in [0.1, 0.15) is 25.8 Å². The van der Waals surface area contributed by atoms with Crippen molar-refractivity contribution in [1.29, 1.82) is 0 Å². The molecule has 0 aliphatic heterocycles. The van der Waals surface area contributed by atoms with Crippen molar-refractivity contribution < 1.29 is 4.79 Å². The standard InChI is InChI=1S/C14H18N2O/c1-3-11(2)14(17)16-13-9-5-4-7-12(13)8-6-10-15/h4-5,7,9,11H,3,10,15H2,1-2H3,(H,16,17). The van der Waals surface area contributed by atoms with Crippen LogP contribution in [0.15, 0.2) is 24.3 Å². The number of amides is 1. The largest absolute Gasteiger partial charge is 0.325 e. The third-order valence-electron chi connectivity index (χ3n) is 2.57. The van der Waals surface area contributed by atoms with Crippen molar-refractivity contribution in [1.82, 2.24) is 0 Å². The number of nitrogens with two attached hydrogens (primary N) is 1. The SMILES string of the molecule is CCC(C)C(=O)Nc1ccccc1C#CCN. The van der Waals surface area contributed by atoms with E-state index in [2.05, 4.69) is 17.2 Å². The third kappa shape index (κ3) is 3.93. The van der Waals surface area contributed by atoms with Crippen LogP contribution in [0.4, 0.5) is 5.69 Å². The minimum Gasteiger partial charge on any atom is -0.325 e. The van der Waals surface area contributed by atoms with Gasteiger partial charge in [-0.1, -0.05) is 37.8 Å². The Hall–Kier alpha value is -1.79. The summed E-state index contributed by atoms with van der Waals surface area (Å²) in [5, 5.41) is 2.89. The Bertz CT molecular complexity index is 443. The zero-order chi connectivity index (χ0) is 12.7. The summed E-state index contributed by atoms with van der Waals surface area (Å²) < 4.78 is 0. The van der Waals surface area contributed by atoms with Crippen LogP contribution in [0, 0.1) is 17.8 Å². The zero-order valence-corrected chi connectivity index (χ0v) is 10.3. The van der Waals surface area contributed by atoms with Gasteiger partial charge in [-0.25, -0.2) is 0 Å². The Morgan fingerprint density at radius 1 is 1.47 bits per heavy atom. The second kappa shape index (κ2) is 6.72. The van der Waals surface area contributed by atoms with Gasteiger partial charge >= 0.3 is 0 Å². The molecule has 0 bridgehead atoms. The first-order chi connectivity index (χ1) is 8.19. The molecule has 90 valence electrons. The van der Waals surface area contributed by atoms with Gasteiger partial charge < -0.3 is 11.1 Å². The average Bonchev–Trinajstić information content (AvgIpc) is 2.36. The number of nitrogens with one attached hydrogen (secondary N) is 1. The molecule has 1 unspecified atom stereocenters. The summed E-state index contributed by atoms with van der Waals surface area (Å²) in [5.41, 5.74) is 6.89. The molecule has 1 aromatic carbocycles. The van der Waals surface area contributed by atoms with Crippen molar-refractivity contribution in [3.63, 3.8) is 0 Å². The fourth-order valence-electron chi connectivity index (χ4n) is 1.29. The number of anilines is 1. The summed E-state index contributed by atoms with van der Waals surface area (Å²) in [4.78, 5) is 11.8. The Morgan fingerprint density at radius 2 is 2.18 bits per heavy atom. The first-order valence-corrected chi connectivity index (χ1v) is 5.77. The fraction of sp³-hybridized carbons (Fsp3) is 0.357. The molecule has 3 nitrogen and oxygen atoms in total. The minimum absolute atomic E-state index is 0.00511. The molecule has 0 radical (unpaired) electrons. The Kier molecular flexibility index (Phi) is 5.25. The number of rotatable bonds is 3. The van der Waals surface area contributed by atoms with Crippen LogP contribution in [0.2, 0.25) is 0 Å². The van der Waals surface area contributed by atoms with E-state index in [1.54, 1.807) is 0 Å². The molecule has 17 heavy (non-hydrogen) atoms. The molecular formula is C14H18N2O. The molecule has 3 N–H and O–H groups in total. The molecule has 0 spiro atoms. The van der Waals surface area contributed by atoms with E-state index in [4.69, 9.17) is 5.73 Å². The highest BCUT2D eigenvalue weighted by Gasteiger charge is 2.11. The van der Waals surface area contributed by atoms with Gasteiger partial charge in [0.05, 0.1) is 12.2 Å².